The van der Waals surface area contributed by atoms with E-state index in [9.17, 15) is 4.39 Å². The summed E-state index contributed by atoms with van der Waals surface area (Å²) in [5.74, 6) is 1.10. The molecule has 25 heavy (non-hydrogen) atoms. The van der Waals surface area contributed by atoms with Crippen molar-refractivity contribution >= 4 is 29.4 Å². The van der Waals surface area contributed by atoms with Gasteiger partial charge in [0.05, 0.1) is 12.8 Å². The van der Waals surface area contributed by atoms with Crippen molar-refractivity contribution in [2.24, 2.45) is 0 Å². The first-order chi connectivity index (χ1) is 11.8. The van der Waals surface area contributed by atoms with Crippen LogP contribution in [-0.4, -0.2) is 7.11 Å². The molecule has 0 bridgehead atoms. The first-order valence-electron chi connectivity index (χ1n) is 7.57. The molecule has 0 amide bonds. The Kier molecular flexibility index (Phi) is 7.10. The van der Waals surface area contributed by atoms with Gasteiger partial charge in [-0.2, -0.15) is 0 Å². The molecular formula is C19H19ClFNO2S. The second-order valence-corrected chi connectivity index (χ2v) is 6.22. The van der Waals surface area contributed by atoms with Gasteiger partial charge in [-0.05, 0) is 41.3 Å². The Morgan fingerprint density at radius 3 is 2.60 bits per heavy atom. The molecular weight excluding hydrogens is 361 g/mol. The number of halogens is 2. The highest BCUT2D eigenvalue weighted by Crippen LogP contribution is 2.29. The van der Waals surface area contributed by atoms with Crippen molar-refractivity contribution in [2.45, 2.75) is 13.2 Å². The fourth-order valence-electron chi connectivity index (χ4n) is 2.29. The Bertz CT molecular complexity index is 796. The van der Waals surface area contributed by atoms with Crippen molar-refractivity contribution in [3.8, 4) is 11.5 Å². The zero-order valence-electron chi connectivity index (χ0n) is 13.7. The maximum Gasteiger partial charge on any atom is 0.161 e. The van der Waals surface area contributed by atoms with Crippen molar-refractivity contribution in [1.82, 2.24) is 0 Å². The van der Waals surface area contributed by atoms with Crippen LogP contribution in [0.2, 0.25) is 0 Å². The first-order valence-corrected chi connectivity index (χ1v) is 8.45. The van der Waals surface area contributed by atoms with Crippen LogP contribution >= 0.6 is 23.7 Å². The minimum atomic E-state index is -0.264. The van der Waals surface area contributed by atoms with Gasteiger partial charge in [0.2, 0.25) is 0 Å². The molecule has 0 atom stereocenters. The largest absolute Gasteiger partial charge is 0.493 e. The van der Waals surface area contributed by atoms with Crippen LogP contribution in [0.4, 0.5) is 10.1 Å². The first kappa shape index (κ1) is 19.1. The number of rotatable bonds is 7. The zero-order chi connectivity index (χ0) is 16.8. The number of nitrogens with one attached hydrogen (secondary N) is 1. The molecule has 0 aliphatic rings. The number of para-hydroxylation sites is 1. The number of methoxy groups -OCH3 is 1. The van der Waals surface area contributed by atoms with Crippen molar-refractivity contribution in [2.75, 3.05) is 12.4 Å². The number of hydrogen-bond acceptors (Lipinski definition) is 4. The second-order valence-electron chi connectivity index (χ2n) is 5.19. The van der Waals surface area contributed by atoms with E-state index in [2.05, 4.69) is 5.32 Å². The van der Waals surface area contributed by atoms with E-state index in [4.69, 9.17) is 9.47 Å². The molecule has 3 rings (SSSR count). The Morgan fingerprint density at radius 2 is 1.88 bits per heavy atom. The fourth-order valence-corrected chi connectivity index (χ4v) is 2.90. The number of anilines is 1. The maximum atomic E-state index is 13.6. The van der Waals surface area contributed by atoms with E-state index in [1.54, 1.807) is 36.6 Å². The summed E-state index contributed by atoms with van der Waals surface area (Å²) in [6.07, 6.45) is 0. The van der Waals surface area contributed by atoms with Gasteiger partial charge in [-0.1, -0.05) is 24.3 Å². The van der Waals surface area contributed by atoms with Crippen LogP contribution in [-0.2, 0) is 13.2 Å². The highest BCUT2D eigenvalue weighted by molar-refractivity contribution is 7.09. The van der Waals surface area contributed by atoms with Crippen molar-refractivity contribution in [3.63, 3.8) is 0 Å². The lowest BCUT2D eigenvalue weighted by Crippen LogP contribution is -2.02. The summed E-state index contributed by atoms with van der Waals surface area (Å²) < 4.78 is 24.9. The summed E-state index contributed by atoms with van der Waals surface area (Å²) in [7, 11) is 1.61. The van der Waals surface area contributed by atoms with E-state index < -0.39 is 0 Å². The van der Waals surface area contributed by atoms with Crippen LogP contribution in [0.1, 0.15) is 10.4 Å². The van der Waals surface area contributed by atoms with E-state index in [1.165, 1.54) is 6.07 Å². The molecule has 132 valence electrons. The maximum absolute atomic E-state index is 13.6. The number of benzene rings is 2. The average Bonchev–Trinajstić information content (AvgIpc) is 3.13. The lowest BCUT2D eigenvalue weighted by Gasteiger charge is -2.13. The van der Waals surface area contributed by atoms with E-state index in [0.29, 0.717) is 30.3 Å². The molecule has 2 aromatic carbocycles. The molecule has 3 aromatic rings. The van der Waals surface area contributed by atoms with E-state index in [0.717, 1.165) is 10.4 Å². The molecule has 1 N–H and O–H groups in total. The molecule has 0 unspecified atom stereocenters. The Morgan fingerprint density at radius 1 is 1.04 bits per heavy atom. The molecule has 1 aromatic heterocycles. The average molecular weight is 380 g/mol. The molecule has 0 aliphatic carbocycles. The molecule has 0 radical (unpaired) electrons. The molecule has 1 heterocycles. The minimum Gasteiger partial charge on any atom is -0.493 e. The standard InChI is InChI=1S/C19H18FNO2S.ClH/c1-22-19-11-14(12-21-17-7-3-2-6-16(17)20)8-9-18(19)23-13-15-5-4-10-24-15;/h2-11,21H,12-13H2,1H3;1H. The number of thiophene rings is 1. The van der Waals surface area contributed by atoms with E-state index in [1.807, 2.05) is 35.7 Å². The van der Waals surface area contributed by atoms with Crippen LogP contribution in [0.25, 0.3) is 0 Å². The highest BCUT2D eigenvalue weighted by Gasteiger charge is 2.07. The molecule has 0 saturated carbocycles. The van der Waals surface area contributed by atoms with Crippen LogP contribution in [0.15, 0.2) is 60.0 Å². The summed E-state index contributed by atoms with van der Waals surface area (Å²) in [5, 5.41) is 5.11. The van der Waals surface area contributed by atoms with Gasteiger partial charge in [0.25, 0.3) is 0 Å². The lowest BCUT2D eigenvalue weighted by atomic mass is 10.2. The van der Waals surface area contributed by atoms with E-state index >= 15 is 0 Å². The predicted molar refractivity (Wildman–Crippen MR) is 103 cm³/mol. The number of ether oxygens (including phenoxy) is 2. The SMILES string of the molecule is COc1cc(CNc2ccccc2F)ccc1OCc1cccs1.Cl. The summed E-state index contributed by atoms with van der Waals surface area (Å²) in [6.45, 7) is 1.02. The predicted octanol–water partition coefficient (Wildman–Crippen LogP) is 5.51. The summed E-state index contributed by atoms with van der Waals surface area (Å²) in [4.78, 5) is 1.15. The molecule has 0 saturated heterocycles. The van der Waals surface area contributed by atoms with Crippen LogP contribution in [0, 0.1) is 5.82 Å². The monoisotopic (exact) mass is 379 g/mol. The van der Waals surface area contributed by atoms with Crippen LogP contribution < -0.4 is 14.8 Å². The third-order valence-corrected chi connectivity index (χ3v) is 4.38. The van der Waals surface area contributed by atoms with Gasteiger partial charge in [-0.3, -0.25) is 0 Å². The summed E-state index contributed by atoms with van der Waals surface area (Å²) in [6, 6.07) is 16.4. The highest BCUT2D eigenvalue weighted by atomic mass is 35.5. The van der Waals surface area contributed by atoms with Crippen molar-refractivity contribution in [1.29, 1.82) is 0 Å². The Hall–Kier alpha value is -2.24. The molecule has 3 nitrogen and oxygen atoms in total. The van der Waals surface area contributed by atoms with Gasteiger partial charge in [-0.15, -0.1) is 23.7 Å². The quantitative estimate of drug-likeness (QED) is 0.587. The Labute approximate surface area is 156 Å². The molecule has 0 aliphatic heterocycles. The van der Waals surface area contributed by atoms with Gasteiger partial charge in [0, 0.05) is 11.4 Å². The summed E-state index contributed by atoms with van der Waals surface area (Å²) >= 11 is 1.65. The van der Waals surface area contributed by atoms with Gasteiger partial charge in [-0.25, -0.2) is 4.39 Å². The van der Waals surface area contributed by atoms with Gasteiger partial charge in [0.1, 0.15) is 12.4 Å². The van der Waals surface area contributed by atoms with Gasteiger partial charge < -0.3 is 14.8 Å². The molecule has 0 fully saturated rings. The third-order valence-electron chi connectivity index (χ3n) is 3.53. The van der Waals surface area contributed by atoms with Gasteiger partial charge >= 0.3 is 0 Å². The minimum absolute atomic E-state index is 0. The third kappa shape index (κ3) is 5.11. The smallest absolute Gasteiger partial charge is 0.161 e. The fraction of sp³-hybridized carbons (Fsp3) is 0.158. The van der Waals surface area contributed by atoms with E-state index in [-0.39, 0.29) is 18.2 Å². The molecule has 0 spiro atoms. The van der Waals surface area contributed by atoms with Gasteiger partial charge in [0.15, 0.2) is 11.5 Å². The number of hydrogen-bond donors (Lipinski definition) is 1. The summed E-state index contributed by atoms with van der Waals surface area (Å²) in [5.41, 5.74) is 1.47. The van der Waals surface area contributed by atoms with Crippen molar-refractivity contribution < 1.29 is 13.9 Å². The molecule has 6 heteroatoms. The normalized spacial score (nSPS) is 10.0. The second kappa shape index (κ2) is 9.30. The van der Waals surface area contributed by atoms with Crippen LogP contribution in [0.3, 0.4) is 0 Å². The topological polar surface area (TPSA) is 30.5 Å². The Balaban J connectivity index is 0.00000225. The van der Waals surface area contributed by atoms with Crippen LogP contribution in [0.5, 0.6) is 11.5 Å². The lowest BCUT2D eigenvalue weighted by molar-refractivity contribution is 0.287. The van der Waals surface area contributed by atoms with Crippen molar-refractivity contribution in [3.05, 3.63) is 76.2 Å². The zero-order valence-corrected chi connectivity index (χ0v) is 15.3.